The van der Waals surface area contributed by atoms with Gasteiger partial charge in [0.15, 0.2) is 0 Å². The number of hydrogen-bond acceptors (Lipinski definition) is 2. The fourth-order valence-corrected chi connectivity index (χ4v) is 1.29. The van der Waals surface area contributed by atoms with E-state index < -0.39 is 24.6 Å². The van der Waals surface area contributed by atoms with Crippen molar-refractivity contribution in [3.05, 3.63) is 29.8 Å². The van der Waals surface area contributed by atoms with Crippen LogP contribution < -0.4 is 56.8 Å². The Morgan fingerprint density at radius 1 is 1.28 bits per heavy atom. The zero-order chi connectivity index (χ0) is 13.1. The summed E-state index contributed by atoms with van der Waals surface area (Å²) in [6, 6.07) is 4.05. The van der Waals surface area contributed by atoms with Crippen LogP contribution in [0.2, 0.25) is 0 Å². The molecule has 0 fully saturated rings. The predicted molar refractivity (Wildman–Crippen MR) is 55.8 cm³/mol. The summed E-state index contributed by atoms with van der Waals surface area (Å²) < 4.78 is 54.1. The van der Waals surface area contributed by atoms with Crippen LogP contribution in [0.3, 0.4) is 0 Å². The minimum Gasteiger partial charge on any atom is -0.467 e. The number of methoxy groups -OCH3 is 1. The Balaban J connectivity index is 0.00000289. The monoisotopic (exact) mass is 288 g/mol. The number of alkyl halides is 1. The molecule has 1 unspecified atom stereocenters. The van der Waals surface area contributed by atoms with Crippen molar-refractivity contribution >= 4 is 18.4 Å². The minimum absolute atomic E-state index is 0. The normalized spacial score (nSPS) is 12.5. The summed E-state index contributed by atoms with van der Waals surface area (Å²) in [6.45, 7) is -5.05. The van der Waals surface area contributed by atoms with Gasteiger partial charge in [0.1, 0.15) is 0 Å². The molecule has 0 saturated heterocycles. The second kappa shape index (κ2) is 7.64. The van der Waals surface area contributed by atoms with Gasteiger partial charge in [-0.25, -0.2) is 9.18 Å². The third-order valence-electron chi connectivity index (χ3n) is 2.23. The summed E-state index contributed by atoms with van der Waals surface area (Å²) in [5, 5.41) is 0. The number of carbonyl (C=O) groups excluding carboxylic acids is 1. The molecule has 1 aromatic carbocycles. The van der Waals surface area contributed by atoms with Crippen molar-refractivity contribution in [2.45, 2.75) is 12.6 Å². The molecule has 1 aromatic rings. The number of hydrogen-bond donors (Lipinski definition) is 0. The van der Waals surface area contributed by atoms with Crippen molar-refractivity contribution in [2.75, 3.05) is 7.11 Å². The van der Waals surface area contributed by atoms with Gasteiger partial charge in [0.25, 0.3) is 0 Å². The second-order valence-corrected chi connectivity index (χ2v) is 3.51. The first kappa shape index (κ1) is 18.1. The van der Waals surface area contributed by atoms with E-state index in [1.54, 1.807) is 0 Å². The molecule has 18 heavy (non-hydrogen) atoms. The number of rotatable bonds is 4. The molecule has 0 spiro atoms. The SMILES string of the molecule is COC(=O)C(F)Cc1ccc([B-](F)(F)F)cc1.[K+]. The zero-order valence-corrected chi connectivity index (χ0v) is 13.1. The van der Waals surface area contributed by atoms with E-state index in [9.17, 15) is 22.1 Å². The third kappa shape index (κ3) is 5.40. The molecule has 94 valence electrons. The molecule has 0 aliphatic carbocycles. The minimum atomic E-state index is -5.05. The molecule has 0 N–H and O–H groups in total. The van der Waals surface area contributed by atoms with E-state index in [1.807, 2.05) is 0 Å². The van der Waals surface area contributed by atoms with Gasteiger partial charge in [0.2, 0.25) is 6.17 Å². The van der Waals surface area contributed by atoms with Gasteiger partial charge in [0, 0.05) is 6.42 Å². The molecule has 0 heterocycles. The van der Waals surface area contributed by atoms with E-state index in [0.29, 0.717) is 5.56 Å². The third-order valence-corrected chi connectivity index (χ3v) is 2.23. The number of ether oxygens (including phenoxy) is 1. The van der Waals surface area contributed by atoms with E-state index in [2.05, 4.69) is 4.74 Å². The van der Waals surface area contributed by atoms with Crippen LogP contribution in [0.5, 0.6) is 0 Å². The molecule has 8 heteroatoms. The van der Waals surface area contributed by atoms with Crippen LogP contribution >= 0.6 is 0 Å². The molecule has 1 rings (SSSR count). The van der Waals surface area contributed by atoms with E-state index in [-0.39, 0.29) is 57.8 Å². The summed E-state index contributed by atoms with van der Waals surface area (Å²) in [5.41, 5.74) is -0.436. The maximum atomic E-state index is 13.1. The van der Waals surface area contributed by atoms with Gasteiger partial charge in [-0.05, 0) is 5.56 Å². The summed E-state index contributed by atoms with van der Waals surface area (Å²) in [4.78, 5) is 10.8. The number of esters is 1. The molecule has 0 amide bonds. The summed E-state index contributed by atoms with van der Waals surface area (Å²) in [6.07, 6.45) is -2.15. The summed E-state index contributed by atoms with van der Waals surface area (Å²) in [5.74, 6) is -1.03. The van der Waals surface area contributed by atoms with Crippen molar-refractivity contribution in [3.8, 4) is 0 Å². The molecule has 0 radical (unpaired) electrons. The molecule has 1 atom stereocenters. The quantitative estimate of drug-likeness (QED) is 0.395. The van der Waals surface area contributed by atoms with E-state index in [4.69, 9.17) is 0 Å². The van der Waals surface area contributed by atoms with E-state index in [0.717, 1.165) is 31.4 Å². The van der Waals surface area contributed by atoms with E-state index >= 15 is 0 Å². The van der Waals surface area contributed by atoms with Gasteiger partial charge in [-0.3, -0.25) is 0 Å². The van der Waals surface area contributed by atoms with Crippen molar-refractivity contribution in [1.29, 1.82) is 0 Å². The molecule has 0 bridgehead atoms. The largest absolute Gasteiger partial charge is 1.00 e. The van der Waals surface area contributed by atoms with Crippen molar-refractivity contribution in [1.82, 2.24) is 0 Å². The number of carbonyl (C=O) groups is 1. The van der Waals surface area contributed by atoms with Crippen LogP contribution in [-0.4, -0.2) is 26.2 Å². The Bertz CT molecular complexity index is 394. The maximum Gasteiger partial charge on any atom is 1.00 e. The van der Waals surface area contributed by atoms with Crippen LogP contribution in [-0.2, 0) is 16.0 Å². The summed E-state index contributed by atoms with van der Waals surface area (Å²) >= 11 is 0. The Morgan fingerprint density at radius 2 is 1.78 bits per heavy atom. The number of halogens is 4. The Morgan fingerprint density at radius 3 is 2.17 bits per heavy atom. The molecule has 0 aliphatic rings. The second-order valence-electron chi connectivity index (χ2n) is 3.51. The van der Waals surface area contributed by atoms with Gasteiger partial charge < -0.3 is 17.7 Å². The molecular formula is C10H10BF4KO2. The molecule has 2 nitrogen and oxygen atoms in total. The van der Waals surface area contributed by atoms with Gasteiger partial charge in [-0.2, -0.15) is 0 Å². The maximum absolute atomic E-state index is 13.1. The van der Waals surface area contributed by atoms with Crippen LogP contribution in [0.4, 0.5) is 17.3 Å². The fourth-order valence-electron chi connectivity index (χ4n) is 1.29. The zero-order valence-electron chi connectivity index (χ0n) is 10.00. The average molecular weight is 288 g/mol. The van der Waals surface area contributed by atoms with Crippen LogP contribution in [0, 0.1) is 0 Å². The van der Waals surface area contributed by atoms with Gasteiger partial charge in [-0.1, -0.05) is 24.3 Å². The smallest absolute Gasteiger partial charge is 0.467 e. The molecular weight excluding hydrogens is 278 g/mol. The van der Waals surface area contributed by atoms with Crippen LogP contribution in [0.1, 0.15) is 5.56 Å². The average Bonchev–Trinajstić information content (AvgIpc) is 2.27. The van der Waals surface area contributed by atoms with Gasteiger partial charge in [-0.15, -0.1) is 5.46 Å². The Hall–Kier alpha value is 0.111. The first-order valence-electron chi connectivity index (χ1n) is 4.85. The van der Waals surface area contributed by atoms with Gasteiger partial charge >= 0.3 is 64.3 Å². The standard InChI is InChI=1S/C10H10BF4O2.K/c1-17-10(16)9(12)6-7-2-4-8(5-3-7)11(13,14)15;/h2-5,9H,6H2,1H3;/q-1;+1. The van der Waals surface area contributed by atoms with Crippen molar-refractivity contribution < 1.29 is 78.3 Å². The predicted octanol–water partition coefficient (Wildman–Crippen LogP) is -1.20. The Kier molecular flexibility index (Phi) is 7.69. The van der Waals surface area contributed by atoms with Crippen LogP contribution in [0.25, 0.3) is 0 Å². The topological polar surface area (TPSA) is 26.3 Å². The molecule has 0 aromatic heterocycles. The van der Waals surface area contributed by atoms with Gasteiger partial charge in [0.05, 0.1) is 7.11 Å². The van der Waals surface area contributed by atoms with Crippen LogP contribution in [0.15, 0.2) is 24.3 Å². The summed E-state index contributed by atoms with van der Waals surface area (Å²) in [7, 11) is 1.05. The molecule has 0 aliphatic heterocycles. The van der Waals surface area contributed by atoms with Crippen molar-refractivity contribution in [2.24, 2.45) is 0 Å². The fraction of sp³-hybridized carbons (Fsp3) is 0.300. The first-order valence-corrected chi connectivity index (χ1v) is 4.85. The number of benzene rings is 1. The first-order chi connectivity index (χ1) is 7.84. The van der Waals surface area contributed by atoms with Crippen molar-refractivity contribution in [3.63, 3.8) is 0 Å². The Labute approximate surface area is 145 Å². The molecule has 0 saturated carbocycles. The van der Waals surface area contributed by atoms with E-state index in [1.165, 1.54) is 0 Å².